The summed E-state index contributed by atoms with van der Waals surface area (Å²) in [5, 5.41) is 2.08. The summed E-state index contributed by atoms with van der Waals surface area (Å²) in [7, 11) is 0. The second-order valence-corrected chi connectivity index (χ2v) is 16.2. The molecule has 0 N–H and O–H groups in total. The fourth-order valence-electron chi connectivity index (χ4n) is 10.4. The highest BCUT2D eigenvalue weighted by molar-refractivity contribution is 6.06. The third kappa shape index (κ3) is 4.98. The van der Waals surface area contributed by atoms with Crippen molar-refractivity contribution < 1.29 is 4.42 Å². The minimum Gasteiger partial charge on any atom is -0.456 e. The van der Waals surface area contributed by atoms with Crippen molar-refractivity contribution in [1.82, 2.24) is 15.0 Å². The summed E-state index contributed by atoms with van der Waals surface area (Å²) in [6.07, 6.45) is 0. The normalized spacial score (nSPS) is 13.0. The van der Waals surface area contributed by atoms with Crippen molar-refractivity contribution in [1.29, 1.82) is 0 Å². The van der Waals surface area contributed by atoms with Gasteiger partial charge in [0.15, 0.2) is 17.5 Å². The predicted octanol–water partition coefficient (Wildman–Crippen LogP) is 14.4. The van der Waals surface area contributed by atoms with Crippen molar-refractivity contribution in [2.75, 3.05) is 0 Å². The van der Waals surface area contributed by atoms with Gasteiger partial charge in [-0.25, -0.2) is 15.0 Å². The van der Waals surface area contributed by atoms with Crippen molar-refractivity contribution in [3.63, 3.8) is 0 Å². The second-order valence-electron chi connectivity index (χ2n) is 16.2. The minimum absolute atomic E-state index is 0.596. The maximum absolute atomic E-state index is 6.24. The van der Waals surface area contributed by atoms with E-state index >= 15 is 0 Å². The van der Waals surface area contributed by atoms with Gasteiger partial charge in [0.2, 0.25) is 0 Å². The molecule has 62 heavy (non-hydrogen) atoms. The summed E-state index contributed by atoms with van der Waals surface area (Å²) in [5.74, 6) is 1.82. The van der Waals surface area contributed by atoms with Crippen LogP contribution in [-0.2, 0) is 5.41 Å². The number of rotatable bonds is 4. The van der Waals surface area contributed by atoms with Crippen LogP contribution in [0.2, 0.25) is 0 Å². The van der Waals surface area contributed by atoms with Gasteiger partial charge in [0.25, 0.3) is 0 Å². The first-order valence-corrected chi connectivity index (χ1v) is 21.1. The molecular weight excluding hydrogens is 755 g/mol. The van der Waals surface area contributed by atoms with E-state index in [2.05, 4.69) is 182 Å². The van der Waals surface area contributed by atoms with Gasteiger partial charge in [-0.3, -0.25) is 0 Å². The monoisotopic (exact) mass is 789 g/mol. The summed E-state index contributed by atoms with van der Waals surface area (Å²) < 4.78 is 6.24. The Labute approximate surface area is 358 Å². The summed E-state index contributed by atoms with van der Waals surface area (Å²) in [6, 6.07) is 75.9. The molecule has 2 aromatic heterocycles. The van der Waals surface area contributed by atoms with E-state index in [4.69, 9.17) is 19.4 Å². The van der Waals surface area contributed by atoms with E-state index in [1.807, 2.05) is 30.3 Å². The molecule has 2 aliphatic rings. The van der Waals surface area contributed by atoms with Gasteiger partial charge in [0.1, 0.15) is 11.2 Å². The number of fused-ring (bicyclic) bond motifs is 15. The molecule has 0 aliphatic heterocycles. The summed E-state index contributed by atoms with van der Waals surface area (Å²) in [4.78, 5) is 16.0. The number of hydrogen-bond acceptors (Lipinski definition) is 4. The molecule has 0 fully saturated rings. The SMILES string of the molecule is c1ccc(-c2ccccc2-c2nc(-c3ccc4c(c3)C3(c5ccccc5-c5ccccc5-c5ccccc53)c3ccccc3-4)nc(-c3ccc4oc5ccccc5c4c3)n2)cc1. The zero-order chi connectivity index (χ0) is 40.8. The quantitative estimate of drug-likeness (QED) is 0.178. The second kappa shape index (κ2) is 13.4. The number of furan rings is 1. The van der Waals surface area contributed by atoms with E-state index in [0.29, 0.717) is 17.5 Å². The van der Waals surface area contributed by atoms with Crippen molar-refractivity contribution in [3.8, 4) is 78.7 Å². The Morgan fingerprint density at radius 1 is 0.274 bits per heavy atom. The van der Waals surface area contributed by atoms with Gasteiger partial charge in [0, 0.05) is 27.5 Å². The molecule has 0 atom stereocenters. The first-order chi connectivity index (χ1) is 30.7. The van der Waals surface area contributed by atoms with Gasteiger partial charge < -0.3 is 4.42 Å². The summed E-state index contributed by atoms with van der Waals surface area (Å²) in [5.41, 5.74) is 18.3. The molecule has 2 heterocycles. The van der Waals surface area contributed by atoms with Gasteiger partial charge in [0.05, 0.1) is 5.41 Å². The molecular formula is C58H35N3O. The summed E-state index contributed by atoms with van der Waals surface area (Å²) in [6.45, 7) is 0. The van der Waals surface area contributed by atoms with Crippen LogP contribution in [0, 0.1) is 0 Å². The molecule has 0 bridgehead atoms. The highest BCUT2D eigenvalue weighted by atomic mass is 16.3. The molecule has 0 saturated heterocycles. The molecule has 4 nitrogen and oxygen atoms in total. The van der Waals surface area contributed by atoms with E-state index in [-0.39, 0.29) is 0 Å². The molecule has 288 valence electrons. The highest BCUT2D eigenvalue weighted by Crippen LogP contribution is 2.61. The Balaban J connectivity index is 1.09. The molecule has 2 aliphatic carbocycles. The lowest BCUT2D eigenvalue weighted by molar-refractivity contribution is 0.669. The van der Waals surface area contributed by atoms with Crippen LogP contribution in [0.15, 0.2) is 217 Å². The van der Waals surface area contributed by atoms with Gasteiger partial charge in [-0.2, -0.15) is 0 Å². The number of nitrogens with zero attached hydrogens (tertiary/aromatic N) is 3. The average molecular weight is 790 g/mol. The van der Waals surface area contributed by atoms with Crippen LogP contribution in [0.3, 0.4) is 0 Å². The average Bonchev–Trinajstić information content (AvgIpc) is 3.83. The Morgan fingerprint density at radius 2 is 0.726 bits per heavy atom. The molecule has 11 aromatic rings. The van der Waals surface area contributed by atoms with Gasteiger partial charge in [-0.15, -0.1) is 0 Å². The lowest BCUT2D eigenvalue weighted by Crippen LogP contribution is -2.29. The fourth-order valence-corrected chi connectivity index (χ4v) is 10.4. The maximum Gasteiger partial charge on any atom is 0.164 e. The van der Waals surface area contributed by atoms with Crippen LogP contribution >= 0.6 is 0 Å². The number of para-hydroxylation sites is 1. The summed E-state index contributed by atoms with van der Waals surface area (Å²) >= 11 is 0. The van der Waals surface area contributed by atoms with E-state index < -0.39 is 5.41 Å². The first kappa shape index (κ1) is 34.6. The lowest BCUT2D eigenvalue weighted by atomic mass is 9.66. The van der Waals surface area contributed by atoms with E-state index in [1.54, 1.807) is 0 Å². The molecule has 0 unspecified atom stereocenters. The van der Waals surface area contributed by atoms with Crippen LogP contribution < -0.4 is 0 Å². The minimum atomic E-state index is -0.625. The van der Waals surface area contributed by atoms with Crippen LogP contribution in [0.4, 0.5) is 0 Å². The molecule has 13 rings (SSSR count). The first-order valence-electron chi connectivity index (χ1n) is 21.1. The van der Waals surface area contributed by atoms with Crippen LogP contribution in [0.1, 0.15) is 22.3 Å². The smallest absolute Gasteiger partial charge is 0.164 e. The fraction of sp³-hybridized carbons (Fsp3) is 0.0172. The zero-order valence-electron chi connectivity index (χ0n) is 33.5. The number of aromatic nitrogens is 3. The Kier molecular flexibility index (Phi) is 7.49. The largest absolute Gasteiger partial charge is 0.456 e. The Bertz CT molecular complexity index is 3540. The van der Waals surface area contributed by atoms with Crippen molar-refractivity contribution in [2.45, 2.75) is 5.41 Å². The topological polar surface area (TPSA) is 51.8 Å². The highest BCUT2D eigenvalue weighted by Gasteiger charge is 2.49. The third-order valence-corrected chi connectivity index (χ3v) is 13.0. The van der Waals surface area contributed by atoms with Crippen LogP contribution in [-0.4, -0.2) is 15.0 Å². The molecule has 0 amide bonds. The van der Waals surface area contributed by atoms with Crippen molar-refractivity contribution >= 4 is 21.9 Å². The molecule has 9 aromatic carbocycles. The van der Waals surface area contributed by atoms with Gasteiger partial charge in [-0.05, 0) is 97.1 Å². The standard InChI is InChI=1S/C58H35N3O/c1-2-16-36(17-3-1)39-18-4-7-25-47(39)57-60-55(37-31-33-54-48(34-37)46-24-11-15-29-53(46)62-54)59-56(61-57)38-30-32-45-44-23-10-14-28-51(44)58(52(45)35-38)49-26-12-8-21-42(49)40-19-5-6-20-41(40)43-22-9-13-27-50(43)58/h1-35H. The van der Waals surface area contributed by atoms with E-state index in [9.17, 15) is 0 Å². The van der Waals surface area contributed by atoms with Gasteiger partial charge >= 0.3 is 0 Å². The molecule has 4 heteroatoms. The Morgan fingerprint density at radius 3 is 1.39 bits per heavy atom. The van der Waals surface area contributed by atoms with Crippen molar-refractivity contribution in [3.05, 3.63) is 235 Å². The van der Waals surface area contributed by atoms with Crippen molar-refractivity contribution in [2.24, 2.45) is 0 Å². The predicted molar refractivity (Wildman–Crippen MR) is 251 cm³/mol. The van der Waals surface area contributed by atoms with Crippen LogP contribution in [0.25, 0.3) is 101 Å². The molecule has 0 saturated carbocycles. The maximum atomic E-state index is 6.24. The van der Waals surface area contributed by atoms with Gasteiger partial charge in [-0.1, -0.05) is 182 Å². The number of benzene rings is 9. The Hall–Kier alpha value is -8.21. The third-order valence-electron chi connectivity index (χ3n) is 13.0. The van der Waals surface area contributed by atoms with E-state index in [0.717, 1.165) is 49.8 Å². The zero-order valence-corrected chi connectivity index (χ0v) is 33.5. The lowest BCUT2D eigenvalue weighted by Gasteiger charge is -2.35. The van der Waals surface area contributed by atoms with Crippen LogP contribution in [0.5, 0.6) is 0 Å². The van der Waals surface area contributed by atoms with E-state index in [1.165, 1.54) is 55.6 Å². The molecule has 1 spiro atoms. The number of hydrogen-bond donors (Lipinski definition) is 0. The molecule has 0 radical (unpaired) electrons.